The molecule has 3 aromatic heterocycles. The summed E-state index contributed by atoms with van der Waals surface area (Å²) in [7, 11) is 0. The minimum Gasteiger partial charge on any atom is -0.355 e. The Bertz CT molecular complexity index is 1230. The van der Waals surface area contributed by atoms with Crippen LogP contribution < -0.4 is 4.90 Å². The Morgan fingerprint density at radius 2 is 1.94 bits per heavy atom. The lowest BCUT2D eigenvalue weighted by Crippen LogP contribution is -2.34. The summed E-state index contributed by atoms with van der Waals surface area (Å²) in [6.45, 7) is 1.65. The minimum atomic E-state index is -0.390. The Kier molecular flexibility index (Phi) is 5.39. The highest BCUT2D eigenvalue weighted by molar-refractivity contribution is 5.92. The molecular formula is C23H19FN6O2. The van der Waals surface area contributed by atoms with Crippen LogP contribution >= 0.6 is 0 Å². The summed E-state index contributed by atoms with van der Waals surface area (Å²) in [5.41, 5.74) is 3.27. The largest absolute Gasteiger partial charge is 0.355 e. The first-order chi connectivity index (χ1) is 15.7. The van der Waals surface area contributed by atoms with Crippen molar-refractivity contribution in [3.63, 3.8) is 0 Å². The first kappa shape index (κ1) is 20.0. The van der Waals surface area contributed by atoms with E-state index in [1.165, 1.54) is 12.3 Å². The first-order valence-electron chi connectivity index (χ1n) is 10.1. The van der Waals surface area contributed by atoms with E-state index in [0.717, 1.165) is 12.0 Å². The Hall–Kier alpha value is -3.98. The highest BCUT2D eigenvalue weighted by Gasteiger charge is 2.29. The predicted molar refractivity (Wildman–Crippen MR) is 115 cm³/mol. The van der Waals surface area contributed by atoms with Crippen LogP contribution in [0.3, 0.4) is 0 Å². The van der Waals surface area contributed by atoms with Gasteiger partial charge in [-0.05, 0) is 30.3 Å². The summed E-state index contributed by atoms with van der Waals surface area (Å²) in [4.78, 5) is 26.6. The fourth-order valence-electron chi connectivity index (χ4n) is 3.80. The van der Waals surface area contributed by atoms with Gasteiger partial charge in [0.25, 0.3) is 0 Å². The number of hydrogen-bond acceptors (Lipinski definition) is 7. The molecule has 0 saturated carbocycles. The Morgan fingerprint density at radius 1 is 1.06 bits per heavy atom. The normalized spacial score (nSPS) is 15.8. The Labute approximate surface area is 183 Å². The molecule has 4 heterocycles. The smallest absolute Gasteiger partial charge is 0.161 e. The van der Waals surface area contributed by atoms with Crippen LogP contribution in [0.2, 0.25) is 0 Å². The van der Waals surface area contributed by atoms with Crippen molar-refractivity contribution < 1.29 is 13.9 Å². The van der Waals surface area contributed by atoms with E-state index in [0.29, 0.717) is 48.0 Å². The van der Waals surface area contributed by atoms with Crippen LogP contribution in [0.4, 0.5) is 10.1 Å². The van der Waals surface area contributed by atoms with Crippen LogP contribution in [-0.2, 0) is 11.3 Å². The summed E-state index contributed by atoms with van der Waals surface area (Å²) in [5, 5.41) is 4.56. The number of nitrogens with zero attached hydrogens (tertiary/aromatic N) is 6. The minimum absolute atomic E-state index is 0.298. The summed E-state index contributed by atoms with van der Waals surface area (Å²) < 4.78 is 20.9. The lowest BCUT2D eigenvalue weighted by molar-refractivity contribution is 0.0957. The van der Waals surface area contributed by atoms with Gasteiger partial charge in [0.05, 0.1) is 36.3 Å². The second-order valence-corrected chi connectivity index (χ2v) is 7.24. The molecule has 0 N–H and O–H groups in total. The van der Waals surface area contributed by atoms with E-state index in [1.54, 1.807) is 35.3 Å². The monoisotopic (exact) mass is 430 g/mol. The van der Waals surface area contributed by atoms with Crippen LogP contribution in [-0.4, -0.2) is 50.4 Å². The van der Waals surface area contributed by atoms with E-state index in [1.807, 2.05) is 24.4 Å². The zero-order chi connectivity index (χ0) is 21.9. The molecule has 0 amide bonds. The van der Waals surface area contributed by atoms with Gasteiger partial charge in [0.2, 0.25) is 0 Å². The molecule has 0 bridgehead atoms. The maximum atomic E-state index is 13.2. The molecule has 1 aliphatic rings. The zero-order valence-corrected chi connectivity index (χ0v) is 17.0. The summed E-state index contributed by atoms with van der Waals surface area (Å²) >= 11 is 0. The lowest BCUT2D eigenvalue weighted by Gasteiger charge is -2.27. The molecule has 32 heavy (non-hydrogen) atoms. The molecule has 0 spiro atoms. The number of pyridine rings is 1. The van der Waals surface area contributed by atoms with Gasteiger partial charge < -0.3 is 9.64 Å². The Balaban J connectivity index is 1.44. The van der Waals surface area contributed by atoms with E-state index in [2.05, 4.69) is 25.0 Å². The number of aldehydes is 1. The maximum Gasteiger partial charge on any atom is 0.161 e. The van der Waals surface area contributed by atoms with Crippen molar-refractivity contribution in [2.75, 3.05) is 18.1 Å². The quantitative estimate of drug-likeness (QED) is 0.434. The molecule has 160 valence electrons. The van der Waals surface area contributed by atoms with E-state index >= 15 is 0 Å². The van der Waals surface area contributed by atoms with E-state index in [9.17, 15) is 9.18 Å². The molecule has 1 aromatic carbocycles. The van der Waals surface area contributed by atoms with Gasteiger partial charge in [0.1, 0.15) is 17.7 Å². The molecule has 9 heteroatoms. The number of carbonyl (C=O) groups excluding carboxylic acids is 1. The fraction of sp³-hybridized carbons (Fsp3) is 0.174. The van der Waals surface area contributed by atoms with Crippen molar-refractivity contribution in [2.24, 2.45) is 0 Å². The molecule has 1 unspecified atom stereocenters. The van der Waals surface area contributed by atoms with Gasteiger partial charge >= 0.3 is 0 Å². The molecule has 1 aliphatic heterocycles. The second-order valence-electron chi connectivity index (χ2n) is 7.24. The zero-order valence-electron chi connectivity index (χ0n) is 17.0. The molecule has 1 atom stereocenters. The molecule has 1 fully saturated rings. The van der Waals surface area contributed by atoms with E-state index in [4.69, 9.17) is 4.74 Å². The number of halogens is 1. The molecule has 4 aromatic rings. The molecule has 1 saturated heterocycles. The van der Waals surface area contributed by atoms with Crippen LogP contribution in [0.15, 0.2) is 67.3 Å². The molecular weight excluding hydrogens is 411 g/mol. The highest BCUT2D eigenvalue weighted by atomic mass is 19.1. The molecule has 0 aliphatic carbocycles. The van der Waals surface area contributed by atoms with Gasteiger partial charge in [-0.3, -0.25) is 14.5 Å². The van der Waals surface area contributed by atoms with E-state index in [-0.39, 0.29) is 12.0 Å². The van der Waals surface area contributed by atoms with Crippen molar-refractivity contribution in [3.8, 4) is 22.8 Å². The van der Waals surface area contributed by atoms with Crippen LogP contribution in [0, 0.1) is 5.82 Å². The maximum absolute atomic E-state index is 13.2. The average molecular weight is 430 g/mol. The van der Waals surface area contributed by atoms with Crippen LogP contribution in [0.1, 0.15) is 10.4 Å². The average Bonchev–Trinajstić information content (AvgIpc) is 3.50. The van der Waals surface area contributed by atoms with Gasteiger partial charge in [0.15, 0.2) is 12.1 Å². The van der Waals surface area contributed by atoms with Crippen LogP contribution in [0.5, 0.6) is 0 Å². The van der Waals surface area contributed by atoms with Crippen molar-refractivity contribution in [2.45, 2.75) is 12.8 Å². The fourth-order valence-corrected chi connectivity index (χ4v) is 3.80. The number of aromatic nitrogens is 5. The predicted octanol–water partition coefficient (Wildman–Crippen LogP) is 3.22. The van der Waals surface area contributed by atoms with E-state index < -0.39 is 0 Å². The molecule has 5 rings (SSSR count). The number of carbonyl (C=O) groups is 1. The van der Waals surface area contributed by atoms with Crippen LogP contribution in [0.25, 0.3) is 22.8 Å². The topological polar surface area (TPSA) is 86.0 Å². The number of hydrogen-bond donors (Lipinski definition) is 0. The number of ether oxygens (including phenoxy) is 1. The summed E-state index contributed by atoms with van der Waals surface area (Å²) in [5.74, 6) is 0.0959. The van der Waals surface area contributed by atoms with Gasteiger partial charge in [0, 0.05) is 30.7 Å². The van der Waals surface area contributed by atoms with Gasteiger partial charge in [-0.15, -0.1) is 0 Å². The first-order valence-corrected chi connectivity index (χ1v) is 10.1. The van der Waals surface area contributed by atoms with Crippen molar-refractivity contribution >= 4 is 12.0 Å². The van der Waals surface area contributed by atoms with Crippen molar-refractivity contribution in [3.05, 3.63) is 78.6 Å². The number of rotatable bonds is 6. The third-order valence-corrected chi connectivity index (χ3v) is 5.26. The van der Waals surface area contributed by atoms with Crippen molar-refractivity contribution in [1.82, 2.24) is 24.7 Å². The Morgan fingerprint density at radius 3 is 2.72 bits per heavy atom. The van der Waals surface area contributed by atoms with Crippen molar-refractivity contribution in [1.29, 1.82) is 0 Å². The second kappa shape index (κ2) is 8.64. The third-order valence-electron chi connectivity index (χ3n) is 5.26. The number of benzene rings is 1. The molecule has 8 nitrogen and oxygen atoms in total. The van der Waals surface area contributed by atoms with Gasteiger partial charge in [-0.1, -0.05) is 12.1 Å². The highest BCUT2D eigenvalue weighted by Crippen LogP contribution is 2.34. The lowest BCUT2D eigenvalue weighted by atomic mass is 10.0. The SMILES string of the molecule is O=Cc1cccc(N2CCOC2Cn2ccc(-c3ccc(F)cn3)n2)c1-c1ncccn1. The summed E-state index contributed by atoms with van der Waals surface area (Å²) in [6.07, 6.45) is 6.83. The summed E-state index contributed by atoms with van der Waals surface area (Å²) in [6, 6.07) is 12.1. The van der Waals surface area contributed by atoms with Gasteiger partial charge in [-0.25, -0.2) is 14.4 Å². The van der Waals surface area contributed by atoms with Gasteiger partial charge in [-0.2, -0.15) is 5.10 Å². The number of anilines is 1. The standard InChI is InChI=1S/C23H19FN6O2/c24-17-5-6-18(27-13-17)19-7-10-29(28-19)14-21-30(11-12-32-21)20-4-1-3-16(15-31)22(20)23-25-8-2-9-26-23/h1-10,13,15,21H,11-12,14H2. The molecule has 0 radical (unpaired) electrons. The third kappa shape index (κ3) is 3.85.